The lowest BCUT2D eigenvalue weighted by atomic mass is 10.1. The lowest BCUT2D eigenvalue weighted by Gasteiger charge is -2.18. The Labute approximate surface area is 125 Å². The first-order valence-corrected chi connectivity index (χ1v) is 8.35. The van der Waals surface area contributed by atoms with Crippen LogP contribution in [0.2, 0.25) is 0 Å². The van der Waals surface area contributed by atoms with Crippen molar-refractivity contribution in [2.75, 3.05) is 37.9 Å². The molecular weight excluding hydrogens is 272 g/mol. The average molecular weight is 296 g/mol. The maximum atomic E-state index is 6.24. The zero-order chi connectivity index (χ0) is 14.4. The fourth-order valence-electron chi connectivity index (χ4n) is 2.18. The Kier molecular flexibility index (Phi) is 6.01. The highest BCUT2D eigenvalue weighted by atomic mass is 32.2. The summed E-state index contributed by atoms with van der Waals surface area (Å²) in [7, 11) is 0. The number of rotatable bonds is 8. The monoisotopic (exact) mass is 296 g/mol. The van der Waals surface area contributed by atoms with Gasteiger partial charge in [-0.3, -0.25) is 0 Å². The van der Waals surface area contributed by atoms with Gasteiger partial charge >= 0.3 is 0 Å². The van der Waals surface area contributed by atoms with Crippen LogP contribution in [-0.4, -0.2) is 42.8 Å². The molecule has 0 radical (unpaired) electrons. The molecule has 4 nitrogen and oxygen atoms in total. The van der Waals surface area contributed by atoms with Crippen molar-refractivity contribution in [3.8, 4) is 11.5 Å². The summed E-state index contributed by atoms with van der Waals surface area (Å²) in [5.41, 5.74) is 7.36. The molecule has 0 bridgehead atoms. The second-order valence-electron chi connectivity index (χ2n) is 4.82. The molecule has 1 atom stereocenters. The van der Waals surface area contributed by atoms with Gasteiger partial charge in [-0.25, -0.2) is 0 Å². The van der Waals surface area contributed by atoms with Crippen molar-refractivity contribution in [2.45, 2.75) is 19.9 Å². The summed E-state index contributed by atoms with van der Waals surface area (Å²) < 4.78 is 10.7. The van der Waals surface area contributed by atoms with Crippen LogP contribution in [0.15, 0.2) is 18.2 Å². The zero-order valence-electron chi connectivity index (χ0n) is 12.3. The average Bonchev–Trinajstić information content (AvgIpc) is 2.94. The first-order valence-electron chi connectivity index (χ1n) is 7.19. The van der Waals surface area contributed by atoms with Crippen LogP contribution in [0.25, 0.3) is 0 Å². The first-order chi connectivity index (χ1) is 9.74. The van der Waals surface area contributed by atoms with Crippen LogP contribution >= 0.6 is 11.8 Å². The molecule has 0 saturated carbocycles. The smallest absolute Gasteiger partial charge is 0.231 e. The molecule has 1 aromatic rings. The van der Waals surface area contributed by atoms with E-state index in [9.17, 15) is 0 Å². The van der Waals surface area contributed by atoms with Crippen LogP contribution in [0.3, 0.4) is 0 Å². The van der Waals surface area contributed by atoms with Gasteiger partial charge in [0.25, 0.3) is 0 Å². The Morgan fingerprint density at radius 3 is 2.75 bits per heavy atom. The fourth-order valence-corrected chi connectivity index (χ4v) is 3.18. The van der Waals surface area contributed by atoms with Gasteiger partial charge in [-0.15, -0.1) is 0 Å². The Morgan fingerprint density at radius 2 is 2.00 bits per heavy atom. The van der Waals surface area contributed by atoms with Crippen LogP contribution < -0.4 is 15.2 Å². The van der Waals surface area contributed by atoms with Gasteiger partial charge in [0.2, 0.25) is 6.79 Å². The minimum Gasteiger partial charge on any atom is -0.454 e. The largest absolute Gasteiger partial charge is 0.454 e. The number of nitrogens with zero attached hydrogens (tertiary/aromatic N) is 1. The van der Waals surface area contributed by atoms with Gasteiger partial charge in [0.05, 0.1) is 0 Å². The fraction of sp³-hybridized carbons (Fsp3) is 0.600. The lowest BCUT2D eigenvalue weighted by Crippen LogP contribution is -2.25. The van der Waals surface area contributed by atoms with Crippen LogP contribution in [0.1, 0.15) is 25.5 Å². The molecule has 0 fully saturated rings. The van der Waals surface area contributed by atoms with Crippen LogP contribution in [0.5, 0.6) is 11.5 Å². The quantitative estimate of drug-likeness (QED) is 0.747. The molecule has 112 valence electrons. The second-order valence-corrected chi connectivity index (χ2v) is 5.97. The number of benzene rings is 1. The molecule has 20 heavy (non-hydrogen) atoms. The number of nitrogens with two attached hydrogens (primary N) is 1. The predicted octanol–water partition coefficient (Wildman–Crippen LogP) is 2.49. The molecule has 5 heteroatoms. The van der Waals surface area contributed by atoms with Crippen molar-refractivity contribution in [1.82, 2.24) is 4.90 Å². The van der Waals surface area contributed by atoms with E-state index in [1.165, 1.54) is 0 Å². The minimum atomic E-state index is 0.0474. The summed E-state index contributed by atoms with van der Waals surface area (Å²) in [5, 5.41) is 0. The summed E-state index contributed by atoms with van der Waals surface area (Å²) in [5.74, 6) is 3.68. The third kappa shape index (κ3) is 4.04. The van der Waals surface area contributed by atoms with Crippen molar-refractivity contribution in [2.24, 2.45) is 5.73 Å². The van der Waals surface area contributed by atoms with Crippen LogP contribution in [0.4, 0.5) is 0 Å². The van der Waals surface area contributed by atoms with Crippen molar-refractivity contribution in [3.05, 3.63) is 23.8 Å². The van der Waals surface area contributed by atoms with Gasteiger partial charge in [-0.1, -0.05) is 19.9 Å². The summed E-state index contributed by atoms with van der Waals surface area (Å²) in [6, 6.07) is 6.02. The minimum absolute atomic E-state index is 0.0474. The number of hydrogen-bond donors (Lipinski definition) is 1. The normalized spacial score (nSPS) is 14.8. The Hall–Kier alpha value is -0.910. The summed E-state index contributed by atoms with van der Waals surface area (Å²) in [6.07, 6.45) is 0. The maximum absolute atomic E-state index is 6.24. The molecule has 0 aromatic heterocycles. The highest BCUT2D eigenvalue weighted by Crippen LogP contribution is 2.34. The van der Waals surface area contributed by atoms with Gasteiger partial charge in [0.1, 0.15) is 0 Å². The molecule has 2 N–H and O–H groups in total. The SMILES string of the molecule is CCN(CC)CCSCC(N)c1ccc2c(c1)OCO2. The van der Waals surface area contributed by atoms with E-state index < -0.39 is 0 Å². The summed E-state index contributed by atoms with van der Waals surface area (Å²) >= 11 is 1.91. The van der Waals surface area contributed by atoms with Gasteiger partial charge in [-0.2, -0.15) is 11.8 Å². The standard InChI is InChI=1S/C15H24N2O2S/c1-3-17(4-2)7-8-20-10-13(16)12-5-6-14-15(9-12)19-11-18-14/h5-6,9,13H,3-4,7-8,10-11,16H2,1-2H3. The van der Waals surface area contributed by atoms with E-state index in [4.69, 9.17) is 15.2 Å². The maximum Gasteiger partial charge on any atom is 0.231 e. The summed E-state index contributed by atoms with van der Waals surface area (Å²) in [6.45, 7) is 8.08. The number of fused-ring (bicyclic) bond motifs is 1. The molecule has 1 heterocycles. The second kappa shape index (κ2) is 7.76. The molecule has 0 aliphatic carbocycles. The van der Waals surface area contributed by atoms with E-state index in [-0.39, 0.29) is 6.04 Å². The molecule has 0 saturated heterocycles. The van der Waals surface area contributed by atoms with E-state index in [1.807, 2.05) is 30.0 Å². The van der Waals surface area contributed by atoms with Gasteiger partial charge in [-0.05, 0) is 30.8 Å². The van der Waals surface area contributed by atoms with E-state index >= 15 is 0 Å². The molecule has 1 aromatic carbocycles. The van der Waals surface area contributed by atoms with Gasteiger partial charge in [0.15, 0.2) is 11.5 Å². The van der Waals surface area contributed by atoms with E-state index in [2.05, 4.69) is 18.7 Å². The highest BCUT2D eigenvalue weighted by molar-refractivity contribution is 7.99. The van der Waals surface area contributed by atoms with Crippen LogP contribution in [0, 0.1) is 0 Å². The number of ether oxygens (including phenoxy) is 2. The molecule has 1 aliphatic heterocycles. The molecule has 1 unspecified atom stereocenters. The zero-order valence-corrected chi connectivity index (χ0v) is 13.1. The Bertz CT molecular complexity index is 424. The Balaban J connectivity index is 1.76. The van der Waals surface area contributed by atoms with Crippen molar-refractivity contribution >= 4 is 11.8 Å². The van der Waals surface area contributed by atoms with E-state index in [1.54, 1.807) is 0 Å². The third-order valence-electron chi connectivity index (χ3n) is 3.57. The van der Waals surface area contributed by atoms with Gasteiger partial charge < -0.3 is 20.1 Å². The van der Waals surface area contributed by atoms with E-state index in [0.717, 1.165) is 48.2 Å². The first kappa shape index (κ1) is 15.5. The topological polar surface area (TPSA) is 47.7 Å². The molecule has 1 aliphatic rings. The van der Waals surface area contributed by atoms with Crippen LogP contribution in [-0.2, 0) is 0 Å². The molecule has 2 rings (SSSR count). The predicted molar refractivity (Wildman–Crippen MR) is 84.6 cm³/mol. The summed E-state index contributed by atoms with van der Waals surface area (Å²) in [4.78, 5) is 2.43. The molecular formula is C15H24N2O2S. The molecule has 0 amide bonds. The van der Waals surface area contributed by atoms with Crippen molar-refractivity contribution < 1.29 is 9.47 Å². The van der Waals surface area contributed by atoms with Crippen molar-refractivity contribution in [1.29, 1.82) is 0 Å². The lowest BCUT2D eigenvalue weighted by molar-refractivity contribution is 0.174. The number of thioether (sulfide) groups is 1. The number of hydrogen-bond acceptors (Lipinski definition) is 5. The molecule has 0 spiro atoms. The Morgan fingerprint density at radius 1 is 1.25 bits per heavy atom. The van der Waals surface area contributed by atoms with E-state index in [0.29, 0.717) is 6.79 Å². The van der Waals surface area contributed by atoms with Crippen molar-refractivity contribution in [3.63, 3.8) is 0 Å². The van der Waals surface area contributed by atoms with Gasteiger partial charge in [0, 0.05) is 24.1 Å². The highest BCUT2D eigenvalue weighted by Gasteiger charge is 2.15. The third-order valence-corrected chi connectivity index (χ3v) is 4.63.